The Morgan fingerprint density at radius 3 is 2.38 bits per heavy atom. The molecule has 34 heavy (non-hydrogen) atoms. The lowest BCUT2D eigenvalue weighted by Crippen LogP contribution is -2.41. The van der Waals surface area contributed by atoms with E-state index in [0.717, 1.165) is 28.2 Å². The molecule has 1 saturated heterocycles. The topological polar surface area (TPSA) is 62.3 Å². The normalized spacial score (nSPS) is 14.3. The van der Waals surface area contributed by atoms with Crippen LogP contribution in [-0.4, -0.2) is 34.8 Å². The minimum absolute atomic E-state index is 0.0206. The number of fused-ring (bicyclic) bond motifs is 1. The Kier molecular flexibility index (Phi) is 6.36. The van der Waals surface area contributed by atoms with E-state index in [9.17, 15) is 14.0 Å². The zero-order chi connectivity index (χ0) is 23.5. The Balaban J connectivity index is 1.13. The molecule has 3 aromatic carbocycles. The molecule has 0 saturated carbocycles. The summed E-state index contributed by atoms with van der Waals surface area (Å²) < 4.78 is 14.3. The maximum atomic E-state index is 13.1. The molecule has 2 amide bonds. The fraction of sp³-hybridized carbons (Fsp3) is 0.222. The lowest BCUT2D eigenvalue weighted by molar-refractivity contribution is -0.121. The van der Waals surface area contributed by atoms with Gasteiger partial charge in [-0.2, -0.15) is 0 Å². The second-order valence-corrected chi connectivity index (χ2v) is 9.63. The van der Waals surface area contributed by atoms with Gasteiger partial charge >= 0.3 is 0 Å². The number of anilines is 1. The molecular formula is C27H24FN3O2S. The van der Waals surface area contributed by atoms with Crippen LogP contribution in [0.15, 0.2) is 72.8 Å². The third-order valence-corrected chi connectivity index (χ3v) is 7.20. The standard InChI is InChI=1S/C27H24FN3O2S/c28-21-9-7-20(8-10-21)27(33)31-15-13-19(14-16-31)26(32)29-22-11-5-18(6-12-22)17-25-30-23-3-1-2-4-24(23)34-25/h1-12,19H,13-17H2,(H,29,32). The molecule has 0 atom stereocenters. The van der Waals surface area contributed by atoms with Crippen LogP contribution in [0.3, 0.4) is 0 Å². The Morgan fingerprint density at radius 2 is 1.68 bits per heavy atom. The third-order valence-electron chi connectivity index (χ3n) is 6.16. The van der Waals surface area contributed by atoms with Gasteiger partial charge in [-0.25, -0.2) is 9.37 Å². The van der Waals surface area contributed by atoms with Crippen molar-refractivity contribution in [3.05, 3.63) is 94.7 Å². The van der Waals surface area contributed by atoms with Gasteiger partial charge in [0.1, 0.15) is 5.82 Å². The van der Waals surface area contributed by atoms with Crippen LogP contribution in [0.2, 0.25) is 0 Å². The van der Waals surface area contributed by atoms with Gasteiger partial charge in [-0.05, 0) is 66.9 Å². The van der Waals surface area contributed by atoms with Crippen LogP contribution in [-0.2, 0) is 11.2 Å². The molecule has 2 heterocycles. The number of hydrogen-bond donors (Lipinski definition) is 1. The molecule has 1 fully saturated rings. The Morgan fingerprint density at radius 1 is 0.971 bits per heavy atom. The summed E-state index contributed by atoms with van der Waals surface area (Å²) in [7, 11) is 0. The summed E-state index contributed by atoms with van der Waals surface area (Å²) in [5.41, 5.74) is 3.40. The Labute approximate surface area is 201 Å². The molecule has 1 aromatic heterocycles. The highest BCUT2D eigenvalue weighted by atomic mass is 32.1. The van der Waals surface area contributed by atoms with Crippen LogP contribution in [0.4, 0.5) is 10.1 Å². The molecule has 5 nitrogen and oxygen atoms in total. The average molecular weight is 474 g/mol. The number of likely N-dealkylation sites (tertiary alicyclic amines) is 1. The summed E-state index contributed by atoms with van der Waals surface area (Å²) in [6, 6.07) is 21.6. The van der Waals surface area contributed by atoms with Gasteiger partial charge in [0.15, 0.2) is 0 Å². The molecule has 0 aliphatic carbocycles. The van der Waals surface area contributed by atoms with Gasteiger partial charge in [0.25, 0.3) is 5.91 Å². The Bertz CT molecular complexity index is 1280. The van der Waals surface area contributed by atoms with Crippen LogP contribution in [0.5, 0.6) is 0 Å². The van der Waals surface area contributed by atoms with Crippen molar-refractivity contribution in [1.82, 2.24) is 9.88 Å². The molecular weight excluding hydrogens is 449 g/mol. The van der Waals surface area contributed by atoms with Crippen molar-refractivity contribution in [3.8, 4) is 0 Å². The molecule has 1 aliphatic heterocycles. The van der Waals surface area contributed by atoms with Gasteiger partial charge in [0.2, 0.25) is 5.91 Å². The number of rotatable bonds is 5. The van der Waals surface area contributed by atoms with E-state index >= 15 is 0 Å². The van der Waals surface area contributed by atoms with Crippen molar-refractivity contribution in [1.29, 1.82) is 0 Å². The zero-order valence-corrected chi connectivity index (χ0v) is 19.4. The van der Waals surface area contributed by atoms with E-state index in [2.05, 4.69) is 16.4 Å². The number of carbonyl (C=O) groups is 2. The maximum Gasteiger partial charge on any atom is 0.253 e. The third kappa shape index (κ3) is 4.99. The van der Waals surface area contributed by atoms with Crippen LogP contribution < -0.4 is 5.32 Å². The molecule has 0 spiro atoms. The fourth-order valence-electron chi connectivity index (χ4n) is 4.24. The number of aromatic nitrogens is 1. The first-order valence-electron chi connectivity index (χ1n) is 11.3. The minimum atomic E-state index is -0.364. The number of benzene rings is 3. The SMILES string of the molecule is O=C(Nc1ccc(Cc2nc3ccccc3s2)cc1)C1CCN(C(=O)c2ccc(F)cc2)CC1. The van der Waals surface area contributed by atoms with E-state index in [1.54, 1.807) is 16.2 Å². The molecule has 4 aromatic rings. The molecule has 0 radical (unpaired) electrons. The van der Waals surface area contributed by atoms with Crippen molar-refractivity contribution in [2.24, 2.45) is 5.92 Å². The first kappa shape index (κ1) is 22.2. The smallest absolute Gasteiger partial charge is 0.253 e. The molecule has 0 bridgehead atoms. The highest BCUT2D eigenvalue weighted by Gasteiger charge is 2.28. The summed E-state index contributed by atoms with van der Waals surface area (Å²) in [5.74, 6) is -0.646. The van der Waals surface area contributed by atoms with Crippen LogP contribution in [0.25, 0.3) is 10.2 Å². The summed E-state index contributed by atoms with van der Waals surface area (Å²) in [6.07, 6.45) is 1.97. The Hall–Kier alpha value is -3.58. The lowest BCUT2D eigenvalue weighted by Gasteiger charge is -2.31. The van der Waals surface area contributed by atoms with Crippen molar-refractivity contribution < 1.29 is 14.0 Å². The van der Waals surface area contributed by atoms with E-state index < -0.39 is 0 Å². The minimum Gasteiger partial charge on any atom is -0.339 e. The number of halogens is 1. The summed E-state index contributed by atoms with van der Waals surface area (Å²) in [6.45, 7) is 1.02. The zero-order valence-electron chi connectivity index (χ0n) is 18.5. The summed E-state index contributed by atoms with van der Waals surface area (Å²) in [5, 5.41) is 4.08. The predicted molar refractivity (Wildman–Crippen MR) is 133 cm³/mol. The van der Waals surface area contributed by atoms with Gasteiger partial charge < -0.3 is 10.2 Å². The van der Waals surface area contributed by atoms with Crippen molar-refractivity contribution >= 4 is 39.1 Å². The van der Waals surface area contributed by atoms with Crippen molar-refractivity contribution in [3.63, 3.8) is 0 Å². The number of hydrogen-bond acceptors (Lipinski definition) is 4. The number of nitrogens with zero attached hydrogens (tertiary/aromatic N) is 2. The quantitative estimate of drug-likeness (QED) is 0.415. The number of piperidine rings is 1. The molecule has 7 heteroatoms. The van der Waals surface area contributed by atoms with Gasteiger partial charge in [-0.1, -0.05) is 24.3 Å². The van der Waals surface area contributed by atoms with Crippen molar-refractivity contribution in [2.75, 3.05) is 18.4 Å². The predicted octanol–water partition coefficient (Wildman–Crippen LogP) is 5.52. The van der Waals surface area contributed by atoms with Gasteiger partial charge in [0.05, 0.1) is 15.2 Å². The number of para-hydroxylation sites is 1. The van der Waals surface area contributed by atoms with E-state index in [4.69, 9.17) is 0 Å². The molecule has 172 valence electrons. The number of carbonyl (C=O) groups excluding carboxylic acids is 2. The van der Waals surface area contributed by atoms with E-state index in [1.165, 1.54) is 29.0 Å². The van der Waals surface area contributed by atoms with Crippen LogP contribution >= 0.6 is 11.3 Å². The van der Waals surface area contributed by atoms with Crippen LogP contribution in [0.1, 0.15) is 33.8 Å². The number of thiazole rings is 1. The molecule has 1 aliphatic rings. The largest absolute Gasteiger partial charge is 0.339 e. The fourth-order valence-corrected chi connectivity index (χ4v) is 5.24. The van der Waals surface area contributed by atoms with E-state index in [0.29, 0.717) is 31.5 Å². The molecule has 0 unspecified atom stereocenters. The van der Waals surface area contributed by atoms with Gasteiger partial charge in [-0.15, -0.1) is 11.3 Å². The monoisotopic (exact) mass is 473 g/mol. The lowest BCUT2D eigenvalue weighted by atomic mass is 9.95. The molecule has 1 N–H and O–H groups in total. The summed E-state index contributed by atoms with van der Waals surface area (Å²) >= 11 is 1.70. The van der Waals surface area contributed by atoms with Gasteiger partial charge in [0, 0.05) is 36.7 Å². The van der Waals surface area contributed by atoms with E-state index in [1.807, 2.05) is 42.5 Å². The second kappa shape index (κ2) is 9.73. The van der Waals surface area contributed by atoms with Crippen molar-refractivity contribution in [2.45, 2.75) is 19.3 Å². The first-order chi connectivity index (χ1) is 16.5. The summed E-state index contributed by atoms with van der Waals surface area (Å²) in [4.78, 5) is 31.8. The first-order valence-corrected chi connectivity index (χ1v) is 12.2. The highest BCUT2D eigenvalue weighted by molar-refractivity contribution is 7.18. The highest BCUT2D eigenvalue weighted by Crippen LogP contribution is 2.25. The van der Waals surface area contributed by atoms with Crippen LogP contribution in [0, 0.1) is 11.7 Å². The second-order valence-electron chi connectivity index (χ2n) is 8.51. The maximum absolute atomic E-state index is 13.1. The average Bonchev–Trinajstić information content (AvgIpc) is 3.28. The van der Waals surface area contributed by atoms with E-state index in [-0.39, 0.29) is 23.5 Å². The number of nitrogens with one attached hydrogen (secondary N) is 1. The number of amides is 2. The van der Waals surface area contributed by atoms with Gasteiger partial charge in [-0.3, -0.25) is 9.59 Å². The molecule has 5 rings (SSSR count).